The van der Waals surface area contributed by atoms with Crippen molar-refractivity contribution in [3.05, 3.63) is 23.8 Å². The zero-order chi connectivity index (χ0) is 26.7. The third-order valence-electron chi connectivity index (χ3n) is 7.59. The molecule has 0 bridgehead atoms. The predicted molar refractivity (Wildman–Crippen MR) is 147 cm³/mol. The summed E-state index contributed by atoms with van der Waals surface area (Å²) in [6.45, 7) is 9.54. The van der Waals surface area contributed by atoms with Gasteiger partial charge in [0.2, 0.25) is 10.0 Å². The van der Waals surface area contributed by atoms with Gasteiger partial charge in [-0.15, -0.1) is 0 Å². The Morgan fingerprint density at radius 2 is 1.89 bits per heavy atom. The van der Waals surface area contributed by atoms with Crippen LogP contribution in [0, 0.1) is 18.8 Å². The molecule has 1 unspecified atom stereocenters. The molecular weight excluding hydrogens is 474 g/mol. The zero-order valence-corrected chi connectivity index (χ0v) is 24.2. The Morgan fingerprint density at radius 3 is 2.47 bits per heavy atom. The van der Waals surface area contributed by atoms with Crippen LogP contribution in [0.25, 0.3) is 0 Å². The Labute approximate surface area is 220 Å². The van der Waals surface area contributed by atoms with Gasteiger partial charge in [-0.1, -0.05) is 32.6 Å². The Hall–Kier alpha value is -1.48. The molecule has 0 amide bonds. The summed E-state index contributed by atoms with van der Waals surface area (Å²) in [4.78, 5) is 13.6. The van der Waals surface area contributed by atoms with Crippen LogP contribution in [0.1, 0.15) is 70.8 Å². The van der Waals surface area contributed by atoms with Crippen molar-refractivity contribution in [1.29, 1.82) is 0 Å². The van der Waals surface area contributed by atoms with E-state index < -0.39 is 10.0 Å². The van der Waals surface area contributed by atoms with Crippen LogP contribution >= 0.6 is 0 Å². The Kier molecular flexibility index (Phi) is 12.9. The second-order valence-corrected chi connectivity index (χ2v) is 12.9. The zero-order valence-electron chi connectivity index (χ0n) is 23.4. The van der Waals surface area contributed by atoms with E-state index in [0.717, 1.165) is 17.9 Å². The van der Waals surface area contributed by atoms with Gasteiger partial charge in [-0.05, 0) is 88.8 Å². The van der Waals surface area contributed by atoms with Crippen molar-refractivity contribution >= 4 is 15.8 Å². The third-order valence-corrected chi connectivity index (χ3v) is 9.61. The van der Waals surface area contributed by atoms with E-state index in [1.54, 1.807) is 19.1 Å². The average Bonchev–Trinajstić information content (AvgIpc) is 2.84. The molecule has 1 saturated carbocycles. The summed E-state index contributed by atoms with van der Waals surface area (Å²) in [5.41, 5.74) is 0.619. The standard InChI is InChI=1S/C15H30N2.C13H19NO4S/c1-13-5-7-14(8-6-13)9-10-16-15-4-3-11-17(2)12-15;1-10-9-12(18-4)5-6-13(10)19(16,17)14(3)8-7-11(2)15/h13-16H,3-12H2,1-2H3;5-6,9H,7-8H2,1-4H3. The number of sulfonamides is 1. The summed E-state index contributed by atoms with van der Waals surface area (Å²) >= 11 is 0. The van der Waals surface area contributed by atoms with Crippen molar-refractivity contribution < 1.29 is 17.9 Å². The number of carbonyl (C=O) groups excluding carboxylic acids is 1. The molecule has 1 aromatic rings. The number of nitrogens with zero attached hydrogens (tertiary/aromatic N) is 2. The number of ether oxygens (including phenoxy) is 1. The van der Waals surface area contributed by atoms with Crippen LogP contribution in [0.5, 0.6) is 5.75 Å². The first kappa shape index (κ1) is 30.7. The molecule has 1 aromatic carbocycles. The quantitative estimate of drug-likeness (QED) is 0.487. The number of nitrogens with one attached hydrogen (secondary N) is 1. The molecule has 8 heteroatoms. The van der Waals surface area contributed by atoms with Crippen LogP contribution in [-0.2, 0) is 14.8 Å². The minimum absolute atomic E-state index is 0.0338. The molecule has 1 N–H and O–H groups in total. The lowest BCUT2D eigenvalue weighted by molar-refractivity contribution is -0.117. The number of rotatable bonds is 10. The van der Waals surface area contributed by atoms with Gasteiger partial charge >= 0.3 is 0 Å². The Balaban J connectivity index is 0.000000255. The van der Waals surface area contributed by atoms with Crippen LogP contribution in [0.4, 0.5) is 0 Å². The molecule has 206 valence electrons. The number of benzene rings is 1. The fraction of sp³-hybridized carbons (Fsp3) is 0.750. The molecule has 0 aromatic heterocycles. The van der Waals surface area contributed by atoms with Crippen molar-refractivity contribution in [2.45, 2.75) is 83.1 Å². The number of aryl methyl sites for hydroxylation is 1. The fourth-order valence-electron chi connectivity index (χ4n) is 5.08. The van der Waals surface area contributed by atoms with Crippen molar-refractivity contribution in [2.75, 3.05) is 47.4 Å². The van der Waals surface area contributed by atoms with Crippen LogP contribution in [0.3, 0.4) is 0 Å². The lowest BCUT2D eigenvalue weighted by Crippen LogP contribution is -2.44. The monoisotopic (exact) mass is 523 g/mol. The number of hydrogen-bond donors (Lipinski definition) is 1. The van der Waals surface area contributed by atoms with Gasteiger partial charge in [0.25, 0.3) is 0 Å². The highest BCUT2D eigenvalue weighted by Gasteiger charge is 2.23. The van der Waals surface area contributed by atoms with Gasteiger partial charge < -0.3 is 15.0 Å². The molecule has 7 nitrogen and oxygen atoms in total. The topological polar surface area (TPSA) is 79.0 Å². The van der Waals surface area contributed by atoms with Crippen LogP contribution in [-0.4, -0.2) is 76.8 Å². The van der Waals surface area contributed by atoms with E-state index in [1.807, 2.05) is 0 Å². The van der Waals surface area contributed by atoms with Gasteiger partial charge in [-0.2, -0.15) is 0 Å². The number of likely N-dealkylation sites (N-methyl/N-ethyl adjacent to an activating group) is 1. The summed E-state index contributed by atoms with van der Waals surface area (Å²) in [5, 5.41) is 3.77. The molecule has 1 heterocycles. The number of carbonyl (C=O) groups is 1. The highest BCUT2D eigenvalue weighted by Crippen LogP contribution is 2.30. The summed E-state index contributed by atoms with van der Waals surface area (Å²) in [5.74, 6) is 2.59. The van der Waals surface area contributed by atoms with Crippen molar-refractivity contribution in [3.63, 3.8) is 0 Å². The predicted octanol–water partition coefficient (Wildman–Crippen LogP) is 4.49. The lowest BCUT2D eigenvalue weighted by atomic mass is 9.81. The Bertz CT molecular complexity index is 913. The molecule has 1 atom stereocenters. The number of Topliss-reactive ketones (excluding diaryl/α,β-unsaturated/α-hetero) is 1. The van der Waals surface area contributed by atoms with Gasteiger partial charge in [0, 0.05) is 32.6 Å². The van der Waals surface area contributed by atoms with Gasteiger partial charge in [0.05, 0.1) is 12.0 Å². The summed E-state index contributed by atoms with van der Waals surface area (Å²) in [6, 6.07) is 5.56. The molecule has 2 aliphatic rings. The normalized spacial score (nSPS) is 23.1. The van der Waals surface area contributed by atoms with Crippen LogP contribution in [0.15, 0.2) is 23.1 Å². The van der Waals surface area contributed by atoms with Gasteiger partial charge in [0.15, 0.2) is 0 Å². The van der Waals surface area contributed by atoms with Crippen molar-refractivity contribution in [3.8, 4) is 5.75 Å². The van der Waals surface area contributed by atoms with Crippen LogP contribution < -0.4 is 10.1 Å². The maximum Gasteiger partial charge on any atom is 0.243 e. The first-order chi connectivity index (χ1) is 17.0. The van der Waals surface area contributed by atoms with E-state index in [4.69, 9.17) is 4.74 Å². The summed E-state index contributed by atoms with van der Waals surface area (Å²) in [7, 11) is 1.69. The van der Waals surface area contributed by atoms with Gasteiger partial charge in [0.1, 0.15) is 11.5 Å². The van der Waals surface area contributed by atoms with E-state index in [2.05, 4.69) is 24.2 Å². The molecule has 1 saturated heterocycles. The molecule has 1 aliphatic heterocycles. The number of likely N-dealkylation sites (tertiary alicyclic amines) is 1. The number of ketones is 1. The maximum atomic E-state index is 12.3. The van der Waals surface area contributed by atoms with E-state index in [1.165, 1.54) is 96.0 Å². The first-order valence-corrected chi connectivity index (χ1v) is 15.0. The molecule has 2 fully saturated rings. The second-order valence-electron chi connectivity index (χ2n) is 10.9. The molecule has 3 rings (SSSR count). The SMILES string of the molecule is CC1CCC(CCNC2CCCN(C)C2)CC1.COc1ccc(S(=O)(=O)N(C)CCC(C)=O)c(C)c1. The minimum Gasteiger partial charge on any atom is -0.497 e. The highest BCUT2D eigenvalue weighted by molar-refractivity contribution is 7.89. The average molecular weight is 524 g/mol. The van der Waals surface area contributed by atoms with E-state index in [0.29, 0.717) is 11.3 Å². The van der Waals surface area contributed by atoms with Crippen LogP contribution in [0.2, 0.25) is 0 Å². The number of piperidine rings is 1. The number of hydrogen-bond acceptors (Lipinski definition) is 6. The maximum absolute atomic E-state index is 12.3. The van der Waals surface area contributed by atoms with Gasteiger partial charge in [-0.3, -0.25) is 4.79 Å². The largest absolute Gasteiger partial charge is 0.497 e. The number of methoxy groups -OCH3 is 1. The molecule has 0 spiro atoms. The van der Waals surface area contributed by atoms with Crippen molar-refractivity contribution in [2.24, 2.45) is 11.8 Å². The second kappa shape index (κ2) is 15.1. The molecule has 0 radical (unpaired) electrons. The third kappa shape index (κ3) is 10.1. The van der Waals surface area contributed by atoms with E-state index in [9.17, 15) is 13.2 Å². The Morgan fingerprint density at radius 1 is 1.19 bits per heavy atom. The molecular formula is C28H49N3O4S. The molecule has 1 aliphatic carbocycles. The minimum atomic E-state index is -3.56. The van der Waals surface area contributed by atoms with E-state index in [-0.39, 0.29) is 23.6 Å². The summed E-state index contributed by atoms with van der Waals surface area (Å²) < 4.78 is 30.9. The molecule has 36 heavy (non-hydrogen) atoms. The first-order valence-electron chi connectivity index (χ1n) is 13.5. The highest BCUT2D eigenvalue weighted by atomic mass is 32.2. The van der Waals surface area contributed by atoms with Crippen molar-refractivity contribution in [1.82, 2.24) is 14.5 Å². The summed E-state index contributed by atoms with van der Waals surface area (Å²) in [6.07, 6.45) is 10.3. The van der Waals surface area contributed by atoms with Gasteiger partial charge in [-0.25, -0.2) is 12.7 Å². The smallest absolute Gasteiger partial charge is 0.243 e. The lowest BCUT2D eigenvalue weighted by Gasteiger charge is -2.31. The fourth-order valence-corrected chi connectivity index (χ4v) is 6.46. The van der Waals surface area contributed by atoms with E-state index >= 15 is 0 Å².